The van der Waals surface area contributed by atoms with Crippen molar-refractivity contribution in [3.05, 3.63) is 53.7 Å². The summed E-state index contributed by atoms with van der Waals surface area (Å²) in [7, 11) is 0. The first kappa shape index (κ1) is 21.1. The van der Waals surface area contributed by atoms with Crippen molar-refractivity contribution >= 4 is 5.91 Å². The molecule has 0 spiro atoms. The van der Waals surface area contributed by atoms with E-state index in [0.29, 0.717) is 51.6 Å². The van der Waals surface area contributed by atoms with E-state index in [1.54, 1.807) is 6.26 Å². The van der Waals surface area contributed by atoms with Gasteiger partial charge in [-0.05, 0) is 31.5 Å². The molecular formula is C23H28N4O4. The average molecular weight is 425 g/mol. The fraction of sp³-hybridized carbons (Fsp3) is 0.435. The fourth-order valence-electron chi connectivity index (χ4n) is 3.88. The van der Waals surface area contributed by atoms with Crippen LogP contribution in [-0.2, 0) is 35.5 Å². The highest BCUT2D eigenvalue weighted by Gasteiger charge is 2.28. The lowest BCUT2D eigenvalue weighted by Crippen LogP contribution is -2.37. The molecule has 0 saturated heterocycles. The molecule has 0 fully saturated rings. The van der Waals surface area contributed by atoms with Crippen LogP contribution in [0.25, 0.3) is 11.4 Å². The molecule has 0 unspecified atom stereocenters. The van der Waals surface area contributed by atoms with Crippen molar-refractivity contribution in [1.29, 1.82) is 0 Å². The highest BCUT2D eigenvalue weighted by Crippen LogP contribution is 2.29. The third-order valence-corrected chi connectivity index (χ3v) is 5.40. The maximum absolute atomic E-state index is 13.0. The van der Waals surface area contributed by atoms with Gasteiger partial charge in [-0.25, -0.2) is 4.98 Å². The average Bonchev–Trinajstić information content (AvgIpc) is 3.43. The Balaban J connectivity index is 1.50. The Hall–Kier alpha value is -3.13. The van der Waals surface area contributed by atoms with Gasteiger partial charge in [0.25, 0.3) is 0 Å². The summed E-state index contributed by atoms with van der Waals surface area (Å²) in [4.78, 5) is 19.2. The number of carbonyl (C=O) groups is 1. The number of nitrogens with zero attached hydrogens (tertiary/aromatic N) is 4. The number of amides is 1. The summed E-state index contributed by atoms with van der Waals surface area (Å²) < 4.78 is 18.2. The Kier molecular flexibility index (Phi) is 6.66. The van der Waals surface area contributed by atoms with Crippen LogP contribution in [0.1, 0.15) is 30.7 Å². The minimum Gasteiger partial charge on any atom is -0.494 e. The third-order valence-electron chi connectivity index (χ3n) is 5.40. The van der Waals surface area contributed by atoms with E-state index in [4.69, 9.17) is 19.0 Å². The monoisotopic (exact) mass is 424 g/mol. The van der Waals surface area contributed by atoms with Gasteiger partial charge in [0.15, 0.2) is 6.39 Å². The summed E-state index contributed by atoms with van der Waals surface area (Å²) in [5.41, 5.74) is 4.62. The zero-order valence-electron chi connectivity index (χ0n) is 18.0. The Bertz CT molecular complexity index is 996. The summed E-state index contributed by atoms with van der Waals surface area (Å²) in [6, 6.07) is 7.71. The van der Waals surface area contributed by atoms with Crippen LogP contribution in [0.15, 0.2) is 41.3 Å². The molecule has 0 saturated carbocycles. The number of hydrogen-bond donors (Lipinski definition) is 0. The normalized spacial score (nSPS) is 13.3. The number of rotatable bonds is 9. The molecule has 2 aromatic heterocycles. The lowest BCUT2D eigenvalue weighted by Gasteiger charge is -2.28. The maximum atomic E-state index is 13.0. The second kappa shape index (κ2) is 9.78. The van der Waals surface area contributed by atoms with E-state index in [1.165, 1.54) is 6.39 Å². The van der Waals surface area contributed by atoms with Gasteiger partial charge >= 0.3 is 0 Å². The number of benzene rings is 1. The molecule has 0 radical (unpaired) electrons. The molecule has 1 amide bonds. The quantitative estimate of drug-likeness (QED) is 0.491. The summed E-state index contributed by atoms with van der Waals surface area (Å²) in [5, 5.41) is 4.77. The van der Waals surface area contributed by atoms with Gasteiger partial charge in [-0.3, -0.25) is 9.48 Å². The molecule has 0 N–H and O–H groups in total. The first-order valence-corrected chi connectivity index (χ1v) is 10.7. The molecule has 1 aromatic carbocycles. The van der Waals surface area contributed by atoms with Gasteiger partial charge in [0, 0.05) is 37.4 Å². The van der Waals surface area contributed by atoms with Crippen LogP contribution in [0.4, 0.5) is 0 Å². The van der Waals surface area contributed by atoms with E-state index >= 15 is 0 Å². The van der Waals surface area contributed by atoms with Gasteiger partial charge in [0.05, 0.1) is 26.2 Å². The van der Waals surface area contributed by atoms with E-state index in [-0.39, 0.29) is 5.91 Å². The Morgan fingerprint density at radius 1 is 1.19 bits per heavy atom. The molecule has 31 heavy (non-hydrogen) atoms. The van der Waals surface area contributed by atoms with Crippen LogP contribution in [0.2, 0.25) is 0 Å². The van der Waals surface area contributed by atoms with Gasteiger partial charge in [-0.15, -0.1) is 0 Å². The standard InChI is InChI=1S/C23H28N4O4/c1-3-29-12-11-27-21-9-10-26(14-19(21)23(25-27)20-15-30-16-24-20)22(28)13-17-5-7-18(8-6-17)31-4-2/h5-8,15-16H,3-4,9-14H2,1-2H3. The Morgan fingerprint density at radius 2 is 2.03 bits per heavy atom. The van der Waals surface area contributed by atoms with Crippen LogP contribution in [0.5, 0.6) is 5.75 Å². The highest BCUT2D eigenvalue weighted by atomic mass is 16.5. The van der Waals surface area contributed by atoms with Gasteiger partial charge < -0.3 is 18.8 Å². The molecule has 3 heterocycles. The fourth-order valence-corrected chi connectivity index (χ4v) is 3.88. The van der Waals surface area contributed by atoms with E-state index in [0.717, 1.165) is 34.7 Å². The van der Waals surface area contributed by atoms with E-state index < -0.39 is 0 Å². The smallest absolute Gasteiger partial charge is 0.227 e. The number of fused-ring (bicyclic) bond motifs is 1. The molecule has 0 bridgehead atoms. The van der Waals surface area contributed by atoms with Crippen molar-refractivity contribution in [2.24, 2.45) is 0 Å². The summed E-state index contributed by atoms with van der Waals surface area (Å²) >= 11 is 0. The van der Waals surface area contributed by atoms with Crippen LogP contribution >= 0.6 is 0 Å². The molecule has 0 atom stereocenters. The third kappa shape index (κ3) is 4.80. The zero-order chi connectivity index (χ0) is 21.6. The summed E-state index contributed by atoms with van der Waals surface area (Å²) in [6.07, 6.45) is 4.11. The molecule has 164 valence electrons. The van der Waals surface area contributed by atoms with Crippen molar-refractivity contribution in [3.63, 3.8) is 0 Å². The van der Waals surface area contributed by atoms with Gasteiger partial charge in [0.1, 0.15) is 23.4 Å². The molecule has 1 aliphatic heterocycles. The molecular weight excluding hydrogens is 396 g/mol. The number of hydrogen-bond acceptors (Lipinski definition) is 6. The SMILES string of the molecule is CCOCCn1nc(-c2cocn2)c2c1CCN(C(=O)Cc1ccc(OCC)cc1)C2. The van der Waals surface area contributed by atoms with Crippen molar-refractivity contribution < 1.29 is 18.7 Å². The molecule has 8 heteroatoms. The van der Waals surface area contributed by atoms with Crippen LogP contribution in [0, 0.1) is 0 Å². The Labute approximate surface area is 181 Å². The van der Waals surface area contributed by atoms with Crippen LogP contribution in [-0.4, -0.2) is 51.9 Å². The number of oxazole rings is 1. The molecule has 3 aromatic rings. The minimum atomic E-state index is 0.1000. The van der Waals surface area contributed by atoms with Crippen LogP contribution < -0.4 is 4.74 Å². The van der Waals surface area contributed by atoms with E-state index in [9.17, 15) is 4.79 Å². The second-order valence-electron chi connectivity index (χ2n) is 7.39. The van der Waals surface area contributed by atoms with Crippen molar-refractivity contribution in [1.82, 2.24) is 19.7 Å². The van der Waals surface area contributed by atoms with E-state index in [2.05, 4.69) is 4.98 Å². The van der Waals surface area contributed by atoms with E-state index in [1.807, 2.05) is 47.7 Å². The maximum Gasteiger partial charge on any atom is 0.227 e. The molecule has 1 aliphatic rings. The van der Waals surface area contributed by atoms with Gasteiger partial charge in [-0.2, -0.15) is 5.10 Å². The first-order chi connectivity index (χ1) is 15.2. The van der Waals surface area contributed by atoms with Gasteiger partial charge in [-0.1, -0.05) is 12.1 Å². The summed E-state index contributed by atoms with van der Waals surface area (Å²) in [5.74, 6) is 0.918. The highest BCUT2D eigenvalue weighted by molar-refractivity contribution is 5.79. The Morgan fingerprint density at radius 3 is 2.74 bits per heavy atom. The first-order valence-electron chi connectivity index (χ1n) is 10.7. The second-order valence-corrected chi connectivity index (χ2v) is 7.39. The number of carbonyl (C=O) groups excluding carboxylic acids is 1. The van der Waals surface area contributed by atoms with Crippen molar-refractivity contribution in [2.45, 2.75) is 39.8 Å². The largest absolute Gasteiger partial charge is 0.494 e. The molecule has 8 nitrogen and oxygen atoms in total. The zero-order valence-corrected chi connectivity index (χ0v) is 18.0. The van der Waals surface area contributed by atoms with Crippen LogP contribution in [0.3, 0.4) is 0 Å². The predicted octanol–water partition coefficient (Wildman–Crippen LogP) is 3.10. The summed E-state index contributed by atoms with van der Waals surface area (Å²) in [6.45, 7) is 7.69. The molecule has 0 aliphatic carbocycles. The predicted molar refractivity (Wildman–Crippen MR) is 115 cm³/mol. The lowest BCUT2D eigenvalue weighted by molar-refractivity contribution is -0.131. The van der Waals surface area contributed by atoms with Crippen molar-refractivity contribution in [3.8, 4) is 17.1 Å². The van der Waals surface area contributed by atoms with Crippen molar-refractivity contribution in [2.75, 3.05) is 26.4 Å². The molecule has 4 rings (SSSR count). The number of aromatic nitrogens is 3. The van der Waals surface area contributed by atoms with Gasteiger partial charge in [0.2, 0.25) is 5.91 Å². The topological polar surface area (TPSA) is 82.6 Å². The minimum absolute atomic E-state index is 0.1000. The number of ether oxygens (including phenoxy) is 2. The lowest BCUT2D eigenvalue weighted by atomic mass is 10.0.